The summed E-state index contributed by atoms with van der Waals surface area (Å²) in [6.45, 7) is 10.4. The molecule has 1 saturated heterocycles. The number of ether oxygens (including phenoxy) is 1. The summed E-state index contributed by atoms with van der Waals surface area (Å²) in [6, 6.07) is 6.59. The standard InChI is InChI=1S/C28H42FN5O2/c1-4-31-14-16-32(17-15-31)28-26(22(2)30-34(28)25-11-7-10-24(29)20-25)21-33(18-19-36-3)27(35)13-12-23-8-5-6-9-23/h7,10-11,20,23H,4-6,8-9,12-19,21H2,1-3H3. The van der Waals surface area contributed by atoms with E-state index in [1.807, 2.05) is 22.6 Å². The van der Waals surface area contributed by atoms with Crippen molar-refractivity contribution in [1.82, 2.24) is 19.6 Å². The fourth-order valence-corrected chi connectivity index (χ4v) is 5.59. The van der Waals surface area contributed by atoms with Crippen LogP contribution in [-0.4, -0.2) is 78.5 Å². The number of anilines is 1. The molecule has 1 amide bonds. The van der Waals surface area contributed by atoms with Crippen LogP contribution in [0.25, 0.3) is 5.69 Å². The van der Waals surface area contributed by atoms with E-state index < -0.39 is 0 Å². The van der Waals surface area contributed by atoms with Crippen molar-refractivity contribution in [1.29, 1.82) is 0 Å². The van der Waals surface area contributed by atoms with Crippen LogP contribution in [0.2, 0.25) is 0 Å². The van der Waals surface area contributed by atoms with Crippen molar-refractivity contribution in [2.45, 2.75) is 58.9 Å². The molecule has 7 nitrogen and oxygen atoms in total. The number of hydrogen-bond donors (Lipinski definition) is 0. The van der Waals surface area contributed by atoms with Crippen molar-refractivity contribution in [3.05, 3.63) is 41.3 Å². The largest absolute Gasteiger partial charge is 0.383 e. The summed E-state index contributed by atoms with van der Waals surface area (Å²) in [7, 11) is 1.67. The predicted molar refractivity (Wildman–Crippen MR) is 141 cm³/mol. The third-order valence-electron chi connectivity index (χ3n) is 7.84. The summed E-state index contributed by atoms with van der Waals surface area (Å²) in [4.78, 5) is 20.1. The third-order valence-corrected chi connectivity index (χ3v) is 7.84. The molecule has 198 valence electrons. The number of carbonyl (C=O) groups excluding carboxylic acids is 1. The summed E-state index contributed by atoms with van der Waals surface area (Å²) in [5.74, 6) is 1.55. The lowest BCUT2D eigenvalue weighted by Crippen LogP contribution is -2.47. The topological polar surface area (TPSA) is 53.8 Å². The van der Waals surface area contributed by atoms with Crippen molar-refractivity contribution in [2.75, 3.05) is 57.9 Å². The molecular formula is C28H42FN5O2. The van der Waals surface area contributed by atoms with E-state index in [-0.39, 0.29) is 11.7 Å². The first-order valence-electron chi connectivity index (χ1n) is 13.6. The summed E-state index contributed by atoms with van der Waals surface area (Å²) in [6.07, 6.45) is 6.63. The van der Waals surface area contributed by atoms with Gasteiger partial charge in [-0.3, -0.25) is 4.79 Å². The number of aryl methyl sites for hydroxylation is 1. The Labute approximate surface area is 215 Å². The fourth-order valence-electron chi connectivity index (χ4n) is 5.59. The molecule has 0 atom stereocenters. The average molecular weight is 500 g/mol. The molecule has 2 fully saturated rings. The van der Waals surface area contributed by atoms with E-state index in [4.69, 9.17) is 9.84 Å². The normalized spacial score (nSPS) is 17.2. The van der Waals surface area contributed by atoms with E-state index in [1.54, 1.807) is 13.2 Å². The zero-order valence-corrected chi connectivity index (χ0v) is 22.2. The maximum atomic E-state index is 14.2. The van der Waals surface area contributed by atoms with Gasteiger partial charge in [0.15, 0.2) is 0 Å². The summed E-state index contributed by atoms with van der Waals surface area (Å²) in [5.41, 5.74) is 2.61. The highest BCUT2D eigenvalue weighted by Gasteiger charge is 2.28. The van der Waals surface area contributed by atoms with Gasteiger partial charge in [0.05, 0.1) is 24.5 Å². The van der Waals surface area contributed by atoms with Crippen molar-refractivity contribution in [3.8, 4) is 5.69 Å². The SMILES string of the molecule is CCN1CCN(c2c(CN(CCOC)C(=O)CCC3CCCC3)c(C)nn2-c2cccc(F)c2)CC1. The second-order valence-electron chi connectivity index (χ2n) is 10.2. The summed E-state index contributed by atoms with van der Waals surface area (Å²) < 4.78 is 21.4. The van der Waals surface area contributed by atoms with Crippen LogP contribution in [0.4, 0.5) is 10.2 Å². The number of amides is 1. The van der Waals surface area contributed by atoms with Gasteiger partial charge in [-0.25, -0.2) is 9.07 Å². The molecule has 8 heteroatoms. The van der Waals surface area contributed by atoms with Gasteiger partial charge in [0, 0.05) is 51.8 Å². The molecule has 0 unspecified atom stereocenters. The van der Waals surface area contributed by atoms with Crippen molar-refractivity contribution in [2.24, 2.45) is 5.92 Å². The second kappa shape index (κ2) is 12.7. The number of carbonyl (C=O) groups is 1. The number of halogens is 1. The van der Waals surface area contributed by atoms with Gasteiger partial charge in [-0.1, -0.05) is 38.7 Å². The van der Waals surface area contributed by atoms with E-state index in [1.165, 1.54) is 37.8 Å². The summed E-state index contributed by atoms with van der Waals surface area (Å²) in [5, 5.41) is 4.86. The van der Waals surface area contributed by atoms with Crippen LogP contribution >= 0.6 is 0 Å². The molecule has 1 saturated carbocycles. The Morgan fingerprint density at radius 2 is 1.94 bits per heavy atom. The third kappa shape index (κ3) is 6.45. The minimum absolute atomic E-state index is 0.179. The first-order chi connectivity index (χ1) is 17.5. The number of aromatic nitrogens is 2. The van der Waals surface area contributed by atoms with E-state index in [2.05, 4.69) is 16.7 Å². The zero-order chi connectivity index (χ0) is 25.5. The Morgan fingerprint density at radius 1 is 1.19 bits per heavy atom. The highest BCUT2D eigenvalue weighted by molar-refractivity contribution is 5.76. The zero-order valence-electron chi connectivity index (χ0n) is 22.2. The molecule has 1 aliphatic carbocycles. The maximum Gasteiger partial charge on any atom is 0.222 e. The minimum Gasteiger partial charge on any atom is -0.383 e. The maximum absolute atomic E-state index is 14.2. The molecule has 0 bridgehead atoms. The van der Waals surface area contributed by atoms with Gasteiger partial charge < -0.3 is 19.4 Å². The quantitative estimate of drug-likeness (QED) is 0.459. The van der Waals surface area contributed by atoms with Crippen molar-refractivity contribution in [3.63, 3.8) is 0 Å². The Balaban J connectivity index is 1.62. The molecule has 36 heavy (non-hydrogen) atoms. The molecule has 2 aromatic rings. The lowest BCUT2D eigenvalue weighted by Gasteiger charge is -2.36. The number of rotatable bonds is 11. The van der Waals surface area contributed by atoms with Crippen LogP contribution in [0.5, 0.6) is 0 Å². The monoisotopic (exact) mass is 499 g/mol. The van der Waals surface area contributed by atoms with Crippen LogP contribution in [0.1, 0.15) is 56.7 Å². The van der Waals surface area contributed by atoms with Crippen LogP contribution < -0.4 is 4.90 Å². The van der Waals surface area contributed by atoms with Gasteiger partial charge in [0.25, 0.3) is 0 Å². The molecule has 1 aliphatic heterocycles. The molecule has 2 heterocycles. The van der Waals surface area contributed by atoms with Gasteiger partial charge in [-0.15, -0.1) is 0 Å². The Morgan fingerprint density at radius 3 is 2.61 bits per heavy atom. The van der Waals surface area contributed by atoms with Gasteiger partial charge >= 0.3 is 0 Å². The molecule has 0 radical (unpaired) electrons. The van der Waals surface area contributed by atoms with Gasteiger partial charge in [-0.05, 0) is 44.0 Å². The first kappa shape index (κ1) is 26.6. The predicted octanol–water partition coefficient (Wildman–Crippen LogP) is 4.41. The van der Waals surface area contributed by atoms with Crippen LogP contribution in [0, 0.1) is 18.7 Å². The number of methoxy groups -OCH3 is 1. The average Bonchev–Trinajstić information content (AvgIpc) is 3.53. The van der Waals surface area contributed by atoms with E-state index in [0.29, 0.717) is 37.7 Å². The first-order valence-corrected chi connectivity index (χ1v) is 13.6. The van der Waals surface area contributed by atoms with Crippen LogP contribution in [0.15, 0.2) is 24.3 Å². The van der Waals surface area contributed by atoms with Gasteiger partial charge in [0.1, 0.15) is 11.6 Å². The molecule has 2 aliphatic rings. The molecule has 0 spiro atoms. The van der Waals surface area contributed by atoms with Gasteiger partial charge in [-0.2, -0.15) is 5.10 Å². The van der Waals surface area contributed by atoms with Gasteiger partial charge in [0.2, 0.25) is 5.91 Å². The van der Waals surface area contributed by atoms with Crippen molar-refractivity contribution >= 4 is 11.7 Å². The second-order valence-corrected chi connectivity index (χ2v) is 10.2. The highest BCUT2D eigenvalue weighted by Crippen LogP contribution is 2.31. The van der Waals surface area contributed by atoms with E-state index >= 15 is 0 Å². The lowest BCUT2D eigenvalue weighted by atomic mass is 10.0. The van der Waals surface area contributed by atoms with Crippen LogP contribution in [0.3, 0.4) is 0 Å². The molecule has 1 aromatic heterocycles. The Hall–Kier alpha value is -2.45. The van der Waals surface area contributed by atoms with E-state index in [9.17, 15) is 9.18 Å². The lowest BCUT2D eigenvalue weighted by molar-refractivity contribution is -0.132. The van der Waals surface area contributed by atoms with E-state index in [0.717, 1.165) is 56.2 Å². The summed E-state index contributed by atoms with van der Waals surface area (Å²) >= 11 is 0. The molecule has 1 aromatic carbocycles. The minimum atomic E-state index is -0.284. The van der Waals surface area contributed by atoms with Crippen molar-refractivity contribution < 1.29 is 13.9 Å². The number of likely N-dealkylation sites (N-methyl/N-ethyl adjacent to an activating group) is 1. The molecular weight excluding hydrogens is 457 g/mol. The number of nitrogens with zero attached hydrogens (tertiary/aromatic N) is 5. The fraction of sp³-hybridized carbons (Fsp3) is 0.643. The van der Waals surface area contributed by atoms with Crippen LogP contribution in [-0.2, 0) is 16.1 Å². The highest BCUT2D eigenvalue weighted by atomic mass is 19.1. The Bertz CT molecular complexity index is 996. The number of piperazine rings is 1. The molecule has 0 N–H and O–H groups in total. The smallest absolute Gasteiger partial charge is 0.222 e. The number of benzene rings is 1. The number of hydrogen-bond acceptors (Lipinski definition) is 5. The Kier molecular flexibility index (Phi) is 9.37. The molecule has 4 rings (SSSR count).